The molecule has 0 radical (unpaired) electrons. The van der Waals surface area contributed by atoms with Gasteiger partial charge in [-0.3, -0.25) is 4.79 Å². The zero-order valence-electron chi connectivity index (χ0n) is 8.92. The molecule has 0 fully saturated rings. The average molecular weight is 197 g/mol. The van der Waals surface area contributed by atoms with Gasteiger partial charge in [-0.2, -0.15) is 4.98 Å². The molecule has 1 rings (SSSR count). The first-order valence-corrected chi connectivity index (χ1v) is 4.49. The van der Waals surface area contributed by atoms with Crippen molar-refractivity contribution < 1.29 is 9.21 Å². The van der Waals surface area contributed by atoms with Gasteiger partial charge < -0.3 is 14.6 Å². The molecule has 78 valence electrons. The van der Waals surface area contributed by atoms with Crippen LogP contribution in [0, 0.1) is 0 Å². The van der Waals surface area contributed by atoms with Gasteiger partial charge in [0, 0.05) is 27.6 Å². The van der Waals surface area contributed by atoms with Crippen molar-refractivity contribution in [1.82, 2.24) is 10.3 Å². The van der Waals surface area contributed by atoms with Gasteiger partial charge in [-0.05, 0) is 0 Å². The van der Waals surface area contributed by atoms with Crippen LogP contribution < -0.4 is 10.2 Å². The number of carbonyl (C=O) groups is 1. The van der Waals surface area contributed by atoms with E-state index in [1.165, 1.54) is 0 Å². The number of rotatable bonds is 3. The van der Waals surface area contributed by atoms with Crippen LogP contribution in [0.3, 0.4) is 0 Å². The molecule has 14 heavy (non-hydrogen) atoms. The number of amides is 1. The molecule has 0 aromatic carbocycles. The first kappa shape index (κ1) is 10.6. The van der Waals surface area contributed by atoms with Gasteiger partial charge in [-0.25, -0.2) is 0 Å². The molecular weight excluding hydrogens is 182 g/mol. The van der Waals surface area contributed by atoms with Crippen LogP contribution in [0.15, 0.2) is 4.42 Å². The maximum Gasteiger partial charge on any atom is 0.297 e. The van der Waals surface area contributed by atoms with Crippen LogP contribution in [0.25, 0.3) is 0 Å². The molecule has 5 heteroatoms. The van der Waals surface area contributed by atoms with Crippen molar-refractivity contribution in [2.75, 3.05) is 26.0 Å². The number of aryl methyl sites for hydroxylation is 1. The lowest BCUT2D eigenvalue weighted by molar-refractivity contribution is 0.0957. The molecule has 0 saturated carbocycles. The van der Waals surface area contributed by atoms with Gasteiger partial charge in [0.15, 0.2) is 5.69 Å². The second-order valence-corrected chi connectivity index (χ2v) is 3.10. The van der Waals surface area contributed by atoms with Gasteiger partial charge in [-0.1, -0.05) is 6.92 Å². The Bertz CT molecular complexity index is 331. The molecule has 1 amide bonds. The number of nitrogens with zero attached hydrogens (tertiary/aromatic N) is 2. The number of hydrogen-bond donors (Lipinski definition) is 1. The van der Waals surface area contributed by atoms with Crippen LogP contribution in [0.1, 0.15) is 23.2 Å². The van der Waals surface area contributed by atoms with Crippen molar-refractivity contribution in [3.05, 3.63) is 11.5 Å². The zero-order chi connectivity index (χ0) is 10.7. The summed E-state index contributed by atoms with van der Waals surface area (Å²) in [6.45, 7) is 1.92. The summed E-state index contributed by atoms with van der Waals surface area (Å²) in [7, 11) is 5.21. The molecule has 0 saturated heterocycles. The van der Waals surface area contributed by atoms with E-state index in [9.17, 15) is 4.79 Å². The zero-order valence-corrected chi connectivity index (χ0v) is 8.92. The molecule has 1 aromatic rings. The van der Waals surface area contributed by atoms with Crippen molar-refractivity contribution in [2.24, 2.45) is 0 Å². The summed E-state index contributed by atoms with van der Waals surface area (Å²) in [5.41, 5.74) is 0.374. The van der Waals surface area contributed by atoms with Crippen LogP contribution >= 0.6 is 0 Å². The molecule has 0 unspecified atom stereocenters. The lowest BCUT2D eigenvalue weighted by atomic mass is 10.3. The molecule has 1 N–H and O–H groups in total. The van der Waals surface area contributed by atoms with Gasteiger partial charge in [0.1, 0.15) is 5.76 Å². The summed E-state index contributed by atoms with van der Waals surface area (Å²) in [6.07, 6.45) is 0.656. The lowest BCUT2D eigenvalue weighted by Crippen LogP contribution is -2.20. The third-order valence-corrected chi connectivity index (χ3v) is 1.83. The van der Waals surface area contributed by atoms with Crippen molar-refractivity contribution in [1.29, 1.82) is 0 Å². The number of carbonyl (C=O) groups excluding carboxylic acids is 1. The minimum atomic E-state index is -0.210. The maximum absolute atomic E-state index is 11.4. The molecule has 1 aromatic heterocycles. The summed E-state index contributed by atoms with van der Waals surface area (Å²) in [5.74, 6) is 0.409. The Balaban J connectivity index is 3.08. The summed E-state index contributed by atoms with van der Waals surface area (Å²) in [4.78, 5) is 17.2. The van der Waals surface area contributed by atoms with Crippen molar-refractivity contribution in [2.45, 2.75) is 13.3 Å². The van der Waals surface area contributed by atoms with E-state index in [0.717, 1.165) is 0 Å². The van der Waals surface area contributed by atoms with Crippen LogP contribution in [0.4, 0.5) is 6.01 Å². The Morgan fingerprint density at radius 1 is 1.57 bits per heavy atom. The standard InChI is InChI=1S/C9H15N3O2/c1-5-6-7(8(13)10-2)11-9(14-6)12(3)4/h5H2,1-4H3,(H,10,13). The van der Waals surface area contributed by atoms with E-state index >= 15 is 0 Å². The van der Waals surface area contributed by atoms with Gasteiger partial charge in [0.25, 0.3) is 11.9 Å². The fourth-order valence-electron chi connectivity index (χ4n) is 1.07. The summed E-state index contributed by atoms with van der Waals surface area (Å²) in [5, 5.41) is 2.53. The highest BCUT2D eigenvalue weighted by Gasteiger charge is 2.18. The third kappa shape index (κ3) is 1.86. The average Bonchev–Trinajstić information content (AvgIpc) is 2.60. The molecular formula is C9H15N3O2. The minimum absolute atomic E-state index is 0.210. The van der Waals surface area contributed by atoms with Gasteiger partial charge in [-0.15, -0.1) is 0 Å². The predicted molar refractivity (Wildman–Crippen MR) is 53.6 cm³/mol. The molecule has 0 bridgehead atoms. The number of aromatic nitrogens is 1. The summed E-state index contributed by atoms with van der Waals surface area (Å²) < 4.78 is 5.40. The molecule has 5 nitrogen and oxygen atoms in total. The Kier molecular flexibility index (Phi) is 3.11. The van der Waals surface area contributed by atoms with E-state index in [4.69, 9.17) is 4.42 Å². The minimum Gasteiger partial charge on any atom is -0.428 e. The first-order valence-electron chi connectivity index (χ1n) is 4.49. The Labute approximate surface area is 83.1 Å². The Morgan fingerprint density at radius 2 is 2.21 bits per heavy atom. The summed E-state index contributed by atoms with van der Waals surface area (Å²) in [6, 6.07) is 0.459. The predicted octanol–water partition coefficient (Wildman–Crippen LogP) is 0.663. The molecule has 0 aliphatic rings. The number of anilines is 1. The number of oxazole rings is 1. The van der Waals surface area contributed by atoms with Crippen LogP contribution in [0.2, 0.25) is 0 Å². The topological polar surface area (TPSA) is 58.4 Å². The smallest absolute Gasteiger partial charge is 0.297 e. The van der Waals surface area contributed by atoms with Crippen molar-refractivity contribution >= 4 is 11.9 Å². The molecule has 0 spiro atoms. The Hall–Kier alpha value is -1.52. The second kappa shape index (κ2) is 4.13. The fraction of sp³-hybridized carbons (Fsp3) is 0.556. The summed E-state index contributed by atoms with van der Waals surface area (Å²) >= 11 is 0. The highest BCUT2D eigenvalue weighted by atomic mass is 16.4. The Morgan fingerprint density at radius 3 is 2.64 bits per heavy atom. The third-order valence-electron chi connectivity index (χ3n) is 1.83. The SMILES string of the molecule is CCc1oc(N(C)C)nc1C(=O)NC. The van der Waals surface area contributed by atoms with Gasteiger partial charge >= 0.3 is 0 Å². The van der Waals surface area contributed by atoms with Crippen molar-refractivity contribution in [3.63, 3.8) is 0 Å². The van der Waals surface area contributed by atoms with Gasteiger partial charge in [0.2, 0.25) is 0 Å². The van der Waals surface area contributed by atoms with E-state index in [2.05, 4.69) is 10.3 Å². The fourth-order valence-corrected chi connectivity index (χ4v) is 1.07. The molecule has 0 aliphatic carbocycles. The van der Waals surface area contributed by atoms with E-state index in [1.807, 2.05) is 21.0 Å². The monoisotopic (exact) mass is 197 g/mol. The van der Waals surface area contributed by atoms with Crippen molar-refractivity contribution in [3.8, 4) is 0 Å². The lowest BCUT2D eigenvalue weighted by Gasteiger charge is -2.03. The highest BCUT2D eigenvalue weighted by Crippen LogP contribution is 2.17. The highest BCUT2D eigenvalue weighted by molar-refractivity contribution is 5.93. The second-order valence-electron chi connectivity index (χ2n) is 3.10. The number of hydrogen-bond acceptors (Lipinski definition) is 4. The van der Waals surface area contributed by atoms with Gasteiger partial charge in [0.05, 0.1) is 0 Å². The number of nitrogens with one attached hydrogen (secondary N) is 1. The molecule has 0 aliphatic heterocycles. The van der Waals surface area contributed by atoms with Crippen LogP contribution in [-0.4, -0.2) is 32.0 Å². The quantitative estimate of drug-likeness (QED) is 0.773. The first-order chi connectivity index (χ1) is 6.60. The molecule has 0 atom stereocenters. The molecule has 1 heterocycles. The normalized spacial score (nSPS) is 10.0. The van der Waals surface area contributed by atoms with Crippen LogP contribution in [0.5, 0.6) is 0 Å². The van der Waals surface area contributed by atoms with E-state index in [0.29, 0.717) is 23.9 Å². The maximum atomic E-state index is 11.4. The van der Waals surface area contributed by atoms with E-state index in [-0.39, 0.29) is 5.91 Å². The largest absolute Gasteiger partial charge is 0.428 e. The van der Waals surface area contributed by atoms with E-state index in [1.54, 1.807) is 11.9 Å². The van der Waals surface area contributed by atoms with Crippen LogP contribution in [-0.2, 0) is 6.42 Å². The van der Waals surface area contributed by atoms with E-state index < -0.39 is 0 Å².